The van der Waals surface area contributed by atoms with Gasteiger partial charge in [-0.25, -0.2) is 23.7 Å². The van der Waals surface area contributed by atoms with E-state index in [1.807, 2.05) is 40.9 Å². The predicted molar refractivity (Wildman–Crippen MR) is 159 cm³/mol. The van der Waals surface area contributed by atoms with Gasteiger partial charge < -0.3 is 16.4 Å². The summed E-state index contributed by atoms with van der Waals surface area (Å²) in [6.45, 7) is 0. The summed E-state index contributed by atoms with van der Waals surface area (Å²) in [5.74, 6) is -2.93. The van der Waals surface area contributed by atoms with Gasteiger partial charge in [-0.3, -0.25) is 14.0 Å². The predicted octanol–water partition coefficient (Wildman–Crippen LogP) is 5.76. The number of amides is 2. The maximum atomic E-state index is 14.2. The number of rotatable bonds is 8. The molecule has 3 aromatic heterocycles. The normalized spacial score (nSPS) is 10.9. The van der Waals surface area contributed by atoms with Gasteiger partial charge in [-0.05, 0) is 60.2 Å². The Morgan fingerprint density at radius 3 is 2.42 bits per heavy atom. The van der Waals surface area contributed by atoms with E-state index in [9.17, 15) is 18.4 Å². The number of imidazole rings is 1. The molecule has 43 heavy (non-hydrogen) atoms. The molecule has 11 heteroatoms. The number of hydrogen-bond donors (Lipinski definition) is 3. The molecule has 0 aliphatic carbocycles. The fraction of sp³-hybridized carbons (Fsp3) is 0.0312. The van der Waals surface area contributed by atoms with Crippen LogP contribution in [-0.4, -0.2) is 31.2 Å². The van der Waals surface area contributed by atoms with Gasteiger partial charge in [-0.1, -0.05) is 36.4 Å². The Bertz CT molecular complexity index is 1990. The van der Waals surface area contributed by atoms with E-state index in [0.29, 0.717) is 45.6 Å². The van der Waals surface area contributed by atoms with Crippen molar-refractivity contribution >= 4 is 34.8 Å². The lowest BCUT2D eigenvalue weighted by molar-refractivity contribution is -0.117. The van der Waals surface area contributed by atoms with Crippen molar-refractivity contribution in [3.8, 4) is 22.6 Å². The number of primary amides is 1. The molecule has 0 aliphatic rings. The van der Waals surface area contributed by atoms with Gasteiger partial charge in [0.05, 0.1) is 23.5 Å². The summed E-state index contributed by atoms with van der Waals surface area (Å²) in [5, 5.41) is 5.75. The summed E-state index contributed by atoms with van der Waals surface area (Å²) in [7, 11) is 0. The number of nitrogens with one attached hydrogen (secondary N) is 2. The van der Waals surface area contributed by atoms with Crippen LogP contribution in [0.25, 0.3) is 28.3 Å². The highest BCUT2D eigenvalue weighted by molar-refractivity contribution is 6.05. The van der Waals surface area contributed by atoms with E-state index in [1.54, 1.807) is 48.7 Å². The second kappa shape index (κ2) is 11.5. The van der Waals surface area contributed by atoms with E-state index >= 15 is 0 Å². The molecule has 0 atom stereocenters. The Balaban J connectivity index is 1.36. The number of carbonyl (C=O) groups is 2. The molecule has 2 amide bonds. The summed E-state index contributed by atoms with van der Waals surface area (Å²) in [6.07, 6.45) is 3.58. The lowest BCUT2D eigenvalue weighted by Gasteiger charge is -2.10. The average Bonchev–Trinajstić information content (AvgIpc) is 3.37. The van der Waals surface area contributed by atoms with Crippen LogP contribution in [0.4, 0.5) is 26.1 Å². The van der Waals surface area contributed by atoms with E-state index in [-0.39, 0.29) is 6.42 Å². The molecule has 6 rings (SSSR count). The van der Waals surface area contributed by atoms with Crippen molar-refractivity contribution in [3.05, 3.63) is 126 Å². The van der Waals surface area contributed by atoms with Crippen molar-refractivity contribution in [2.24, 2.45) is 5.73 Å². The van der Waals surface area contributed by atoms with Crippen LogP contribution in [0, 0.1) is 11.6 Å². The highest BCUT2D eigenvalue weighted by Gasteiger charge is 2.20. The number of fused-ring (bicyclic) bond motifs is 1. The zero-order chi connectivity index (χ0) is 29.9. The standard InChI is InChI=1S/C32H23F2N7O2/c33-23-10-5-11-24(34)28(23)31(43)37-22-9-4-7-20(18-22)29-30(41-15-2-1-12-27(41)40-29)25-13-14-36-32(39-25)38-21-8-3-6-19(16-21)17-26(35)42/h1-16,18H,17H2,(H2,35,42)(H,37,43)(H,36,38,39). The molecule has 0 unspecified atom stereocenters. The Morgan fingerprint density at radius 1 is 0.837 bits per heavy atom. The first kappa shape index (κ1) is 27.2. The minimum absolute atomic E-state index is 0.107. The lowest BCUT2D eigenvalue weighted by atomic mass is 10.1. The smallest absolute Gasteiger partial charge is 0.261 e. The van der Waals surface area contributed by atoms with Gasteiger partial charge in [0.1, 0.15) is 22.8 Å². The number of halogens is 2. The van der Waals surface area contributed by atoms with Crippen LogP contribution in [0.2, 0.25) is 0 Å². The van der Waals surface area contributed by atoms with Crippen molar-refractivity contribution in [2.45, 2.75) is 6.42 Å². The van der Waals surface area contributed by atoms with Crippen molar-refractivity contribution in [1.82, 2.24) is 19.4 Å². The minimum atomic E-state index is -0.955. The quantitative estimate of drug-likeness (QED) is 0.212. The number of nitrogens with zero attached hydrogens (tertiary/aromatic N) is 4. The third kappa shape index (κ3) is 5.77. The van der Waals surface area contributed by atoms with E-state index in [1.165, 1.54) is 6.07 Å². The third-order valence-corrected chi connectivity index (χ3v) is 6.57. The summed E-state index contributed by atoms with van der Waals surface area (Å²) >= 11 is 0. The molecule has 0 fully saturated rings. The third-order valence-electron chi connectivity index (χ3n) is 6.57. The largest absolute Gasteiger partial charge is 0.369 e. The van der Waals surface area contributed by atoms with Crippen LogP contribution in [-0.2, 0) is 11.2 Å². The van der Waals surface area contributed by atoms with Crippen LogP contribution >= 0.6 is 0 Å². The van der Waals surface area contributed by atoms with Crippen LogP contribution in [0.1, 0.15) is 15.9 Å². The fourth-order valence-electron chi connectivity index (χ4n) is 4.73. The molecule has 0 bridgehead atoms. The van der Waals surface area contributed by atoms with E-state index in [4.69, 9.17) is 15.7 Å². The summed E-state index contributed by atoms with van der Waals surface area (Å²) < 4.78 is 30.3. The van der Waals surface area contributed by atoms with Gasteiger partial charge in [0.25, 0.3) is 5.91 Å². The number of benzene rings is 3. The Kier molecular flexibility index (Phi) is 7.27. The first-order valence-corrected chi connectivity index (χ1v) is 13.2. The Labute approximate surface area is 244 Å². The molecule has 4 N–H and O–H groups in total. The van der Waals surface area contributed by atoms with E-state index < -0.39 is 29.0 Å². The number of pyridine rings is 1. The molecule has 6 aromatic rings. The molecule has 9 nitrogen and oxygen atoms in total. The molecule has 0 aliphatic heterocycles. The van der Waals surface area contributed by atoms with Gasteiger partial charge >= 0.3 is 0 Å². The molecule has 0 saturated carbocycles. The fourth-order valence-corrected chi connectivity index (χ4v) is 4.73. The SMILES string of the molecule is NC(=O)Cc1cccc(Nc2nccc(-c3c(-c4cccc(NC(=O)c5c(F)cccc5F)c4)nc4ccccn34)n2)c1. The van der Waals surface area contributed by atoms with Crippen LogP contribution in [0.3, 0.4) is 0 Å². The molecule has 0 spiro atoms. The van der Waals surface area contributed by atoms with Crippen molar-refractivity contribution < 1.29 is 18.4 Å². The lowest BCUT2D eigenvalue weighted by Crippen LogP contribution is -2.15. The van der Waals surface area contributed by atoms with Crippen molar-refractivity contribution in [3.63, 3.8) is 0 Å². The summed E-state index contributed by atoms with van der Waals surface area (Å²) in [6, 6.07) is 24.6. The second-order valence-electron chi connectivity index (χ2n) is 9.60. The molecule has 3 heterocycles. The van der Waals surface area contributed by atoms with Crippen LogP contribution in [0.5, 0.6) is 0 Å². The van der Waals surface area contributed by atoms with Gasteiger partial charge in [0.15, 0.2) is 0 Å². The average molecular weight is 576 g/mol. The highest BCUT2D eigenvalue weighted by atomic mass is 19.1. The summed E-state index contributed by atoms with van der Waals surface area (Å²) in [4.78, 5) is 38.0. The number of nitrogens with two attached hydrogens (primary N) is 1. The van der Waals surface area contributed by atoms with Crippen LogP contribution in [0.15, 0.2) is 103 Å². The first-order chi connectivity index (χ1) is 20.9. The molecule has 0 radical (unpaired) electrons. The highest BCUT2D eigenvalue weighted by Crippen LogP contribution is 2.33. The molecule has 0 saturated heterocycles. The van der Waals surface area contributed by atoms with Gasteiger partial charge in [-0.2, -0.15) is 0 Å². The zero-order valence-corrected chi connectivity index (χ0v) is 22.5. The Morgan fingerprint density at radius 2 is 1.60 bits per heavy atom. The first-order valence-electron chi connectivity index (χ1n) is 13.2. The maximum Gasteiger partial charge on any atom is 0.261 e. The van der Waals surface area contributed by atoms with E-state index in [2.05, 4.69) is 15.6 Å². The Hall–Kier alpha value is -5.97. The van der Waals surface area contributed by atoms with Crippen molar-refractivity contribution in [1.29, 1.82) is 0 Å². The van der Waals surface area contributed by atoms with Gasteiger partial charge in [0, 0.05) is 29.3 Å². The molecule has 3 aromatic carbocycles. The minimum Gasteiger partial charge on any atom is -0.369 e. The number of anilines is 3. The number of aromatic nitrogens is 4. The topological polar surface area (TPSA) is 127 Å². The molecular formula is C32H23F2N7O2. The van der Waals surface area contributed by atoms with Crippen molar-refractivity contribution in [2.75, 3.05) is 10.6 Å². The number of hydrogen-bond acceptors (Lipinski definition) is 6. The molecule has 212 valence electrons. The molecular weight excluding hydrogens is 552 g/mol. The zero-order valence-electron chi connectivity index (χ0n) is 22.5. The summed E-state index contributed by atoms with van der Waals surface area (Å²) in [5.41, 5.74) is 9.51. The number of carbonyl (C=O) groups excluding carboxylic acids is 2. The van der Waals surface area contributed by atoms with E-state index in [0.717, 1.165) is 17.7 Å². The van der Waals surface area contributed by atoms with Gasteiger partial charge in [0.2, 0.25) is 11.9 Å². The second-order valence-corrected chi connectivity index (χ2v) is 9.60. The maximum absolute atomic E-state index is 14.2. The van der Waals surface area contributed by atoms with Gasteiger partial charge in [-0.15, -0.1) is 0 Å². The monoisotopic (exact) mass is 575 g/mol. The van der Waals surface area contributed by atoms with Crippen LogP contribution < -0.4 is 16.4 Å².